The summed E-state index contributed by atoms with van der Waals surface area (Å²) in [5, 5.41) is 12.3. The van der Waals surface area contributed by atoms with Crippen molar-refractivity contribution in [1.82, 2.24) is 15.3 Å². The number of carbonyl (C=O) groups is 1. The number of ether oxygens (including phenoxy) is 1. The third kappa shape index (κ3) is 4.92. The van der Waals surface area contributed by atoms with Crippen molar-refractivity contribution in [1.29, 1.82) is 0 Å². The number of morpholine rings is 1. The van der Waals surface area contributed by atoms with Gasteiger partial charge in [0.25, 0.3) is 0 Å². The van der Waals surface area contributed by atoms with Gasteiger partial charge in [-0.1, -0.05) is 13.8 Å². The zero-order valence-electron chi connectivity index (χ0n) is 13.2. The van der Waals surface area contributed by atoms with Gasteiger partial charge in [0.05, 0.1) is 13.2 Å². The highest BCUT2D eigenvalue weighted by atomic mass is 16.5. The van der Waals surface area contributed by atoms with Gasteiger partial charge in [-0.25, -0.2) is 9.97 Å². The fourth-order valence-electron chi connectivity index (χ4n) is 2.35. The molecule has 0 spiro atoms. The fraction of sp³-hybridized carbons (Fsp3) is 0.667. The average Bonchev–Trinajstić information content (AvgIpc) is 2.52. The lowest BCUT2D eigenvalue weighted by Crippen LogP contribution is -2.38. The Kier molecular flexibility index (Phi) is 6.09. The van der Waals surface area contributed by atoms with Crippen LogP contribution in [0.1, 0.15) is 25.8 Å². The highest BCUT2D eigenvalue weighted by Crippen LogP contribution is 2.10. The van der Waals surface area contributed by atoms with Gasteiger partial charge in [-0.15, -0.1) is 0 Å². The van der Waals surface area contributed by atoms with Crippen LogP contribution in [0.4, 0.5) is 5.95 Å². The number of anilines is 1. The molecule has 1 aromatic rings. The molecule has 1 aliphatic rings. The van der Waals surface area contributed by atoms with E-state index in [0.717, 1.165) is 18.7 Å². The Balaban J connectivity index is 1.88. The highest BCUT2D eigenvalue weighted by Gasteiger charge is 2.18. The zero-order valence-corrected chi connectivity index (χ0v) is 13.2. The minimum Gasteiger partial charge on any atom is -0.480 e. The molecule has 0 unspecified atom stereocenters. The minimum absolute atomic E-state index is 0.327. The van der Waals surface area contributed by atoms with Gasteiger partial charge in [0.2, 0.25) is 5.95 Å². The third-order valence-electron chi connectivity index (χ3n) is 3.54. The van der Waals surface area contributed by atoms with E-state index in [-0.39, 0.29) is 0 Å². The van der Waals surface area contributed by atoms with Crippen molar-refractivity contribution in [3.05, 3.63) is 18.0 Å². The molecule has 1 aliphatic heterocycles. The van der Waals surface area contributed by atoms with E-state index in [1.54, 1.807) is 12.4 Å². The van der Waals surface area contributed by atoms with Crippen molar-refractivity contribution >= 4 is 11.9 Å². The van der Waals surface area contributed by atoms with Crippen LogP contribution in [-0.4, -0.2) is 53.4 Å². The van der Waals surface area contributed by atoms with Crippen LogP contribution in [0.25, 0.3) is 0 Å². The molecular formula is C15H24N4O3. The van der Waals surface area contributed by atoms with Gasteiger partial charge in [-0.3, -0.25) is 4.79 Å². The molecule has 0 amide bonds. The molecule has 22 heavy (non-hydrogen) atoms. The summed E-state index contributed by atoms with van der Waals surface area (Å²) in [6.07, 6.45) is 4.10. The van der Waals surface area contributed by atoms with Crippen LogP contribution in [0.15, 0.2) is 12.4 Å². The summed E-state index contributed by atoms with van der Waals surface area (Å²) in [6.45, 7) is 7.47. The lowest BCUT2D eigenvalue weighted by Gasteiger charge is -2.26. The van der Waals surface area contributed by atoms with Crippen molar-refractivity contribution in [2.45, 2.75) is 32.9 Å². The Labute approximate surface area is 130 Å². The van der Waals surface area contributed by atoms with Crippen LogP contribution >= 0.6 is 0 Å². The molecule has 7 nitrogen and oxygen atoms in total. The molecule has 1 atom stereocenters. The minimum atomic E-state index is -0.820. The lowest BCUT2D eigenvalue weighted by atomic mass is 10.0. The van der Waals surface area contributed by atoms with Gasteiger partial charge in [-0.05, 0) is 12.3 Å². The Morgan fingerprint density at radius 1 is 1.36 bits per heavy atom. The molecule has 2 N–H and O–H groups in total. The first-order chi connectivity index (χ1) is 10.6. The number of aliphatic carboxylic acids is 1. The van der Waals surface area contributed by atoms with Gasteiger partial charge < -0.3 is 20.1 Å². The van der Waals surface area contributed by atoms with Crippen molar-refractivity contribution in [2.75, 3.05) is 31.2 Å². The molecule has 7 heteroatoms. The molecule has 1 saturated heterocycles. The number of carboxylic acids is 1. The molecule has 2 rings (SSSR count). The summed E-state index contributed by atoms with van der Waals surface area (Å²) in [4.78, 5) is 22.0. The van der Waals surface area contributed by atoms with Crippen LogP contribution in [-0.2, 0) is 16.1 Å². The van der Waals surface area contributed by atoms with Crippen LogP contribution in [0.5, 0.6) is 0 Å². The molecule has 0 aliphatic carbocycles. The average molecular weight is 308 g/mol. The predicted molar refractivity (Wildman–Crippen MR) is 82.8 cm³/mol. The first-order valence-electron chi connectivity index (χ1n) is 7.66. The maximum Gasteiger partial charge on any atom is 0.320 e. The van der Waals surface area contributed by atoms with Crippen LogP contribution in [0.2, 0.25) is 0 Å². The van der Waals surface area contributed by atoms with Gasteiger partial charge in [0.15, 0.2) is 0 Å². The van der Waals surface area contributed by atoms with Gasteiger partial charge in [0, 0.05) is 37.6 Å². The van der Waals surface area contributed by atoms with E-state index in [1.165, 1.54) is 0 Å². The Hall–Kier alpha value is -1.73. The van der Waals surface area contributed by atoms with E-state index in [1.807, 2.05) is 13.8 Å². The largest absolute Gasteiger partial charge is 0.480 e. The number of aromatic nitrogens is 2. The summed E-state index contributed by atoms with van der Waals surface area (Å²) in [5.74, 6) is 0.206. The first kappa shape index (κ1) is 16.6. The highest BCUT2D eigenvalue weighted by molar-refractivity contribution is 5.73. The smallest absolute Gasteiger partial charge is 0.320 e. The van der Waals surface area contributed by atoms with E-state index in [0.29, 0.717) is 38.0 Å². The molecule has 2 heterocycles. The second-order valence-electron chi connectivity index (χ2n) is 5.89. The molecule has 0 aromatic carbocycles. The van der Waals surface area contributed by atoms with Crippen molar-refractivity contribution < 1.29 is 14.6 Å². The van der Waals surface area contributed by atoms with Crippen LogP contribution in [0, 0.1) is 5.92 Å². The Morgan fingerprint density at radius 3 is 2.55 bits per heavy atom. The second-order valence-corrected chi connectivity index (χ2v) is 5.89. The maximum atomic E-state index is 11.2. The van der Waals surface area contributed by atoms with E-state index < -0.39 is 12.0 Å². The number of nitrogens with zero attached hydrogens (tertiary/aromatic N) is 3. The molecule has 0 saturated carbocycles. The zero-order chi connectivity index (χ0) is 15.9. The lowest BCUT2D eigenvalue weighted by molar-refractivity contribution is -0.140. The standard InChI is InChI=1S/C15H24N4O3/c1-11(2)7-13(14(20)21)16-8-12-9-17-15(18-10-12)19-3-5-22-6-4-19/h9-11,13,16H,3-8H2,1-2H3,(H,20,21)/t13-/m0/s1. The normalized spacial score (nSPS) is 16.8. The summed E-state index contributed by atoms with van der Waals surface area (Å²) in [7, 11) is 0. The van der Waals surface area contributed by atoms with Crippen molar-refractivity contribution in [3.8, 4) is 0 Å². The van der Waals surface area contributed by atoms with Crippen molar-refractivity contribution in [2.24, 2.45) is 5.92 Å². The van der Waals surface area contributed by atoms with E-state index in [2.05, 4.69) is 20.2 Å². The summed E-state index contributed by atoms with van der Waals surface area (Å²) < 4.78 is 5.30. The van der Waals surface area contributed by atoms with Crippen LogP contribution in [0.3, 0.4) is 0 Å². The number of rotatable bonds is 7. The van der Waals surface area contributed by atoms with E-state index >= 15 is 0 Å². The summed E-state index contributed by atoms with van der Waals surface area (Å²) in [6, 6.07) is -0.543. The van der Waals surface area contributed by atoms with Crippen LogP contribution < -0.4 is 10.2 Å². The Morgan fingerprint density at radius 2 is 2.00 bits per heavy atom. The van der Waals surface area contributed by atoms with E-state index in [9.17, 15) is 9.90 Å². The molecule has 122 valence electrons. The van der Waals surface area contributed by atoms with E-state index in [4.69, 9.17) is 4.74 Å². The molecule has 0 bridgehead atoms. The Bertz CT molecular complexity index is 472. The first-order valence-corrected chi connectivity index (χ1v) is 7.66. The molecule has 1 aromatic heterocycles. The topological polar surface area (TPSA) is 87.6 Å². The van der Waals surface area contributed by atoms with Gasteiger partial charge in [0.1, 0.15) is 6.04 Å². The number of hydrogen-bond donors (Lipinski definition) is 2. The molecule has 0 radical (unpaired) electrons. The SMILES string of the molecule is CC(C)C[C@H](NCc1cnc(N2CCOCC2)nc1)C(=O)O. The number of carboxylic acid groups (broad SMARTS) is 1. The predicted octanol–water partition coefficient (Wildman–Crippen LogP) is 0.902. The monoisotopic (exact) mass is 308 g/mol. The summed E-state index contributed by atoms with van der Waals surface area (Å²) >= 11 is 0. The molecular weight excluding hydrogens is 284 g/mol. The molecule has 1 fully saturated rings. The van der Waals surface area contributed by atoms with Gasteiger partial charge >= 0.3 is 5.97 Å². The fourth-order valence-corrected chi connectivity index (χ4v) is 2.35. The summed E-state index contributed by atoms with van der Waals surface area (Å²) in [5.41, 5.74) is 0.881. The third-order valence-corrected chi connectivity index (χ3v) is 3.54. The van der Waals surface area contributed by atoms with Crippen molar-refractivity contribution in [3.63, 3.8) is 0 Å². The quantitative estimate of drug-likeness (QED) is 0.774. The second kappa shape index (κ2) is 8.05. The van der Waals surface area contributed by atoms with Gasteiger partial charge in [-0.2, -0.15) is 0 Å². The number of nitrogens with one attached hydrogen (secondary N) is 1. The number of hydrogen-bond acceptors (Lipinski definition) is 6. The maximum absolute atomic E-state index is 11.2.